The van der Waals surface area contributed by atoms with Crippen molar-refractivity contribution in [2.24, 2.45) is 0 Å². The lowest BCUT2D eigenvalue weighted by Crippen LogP contribution is -2.45. The molecular formula is C23H25Cl3N2O4. The highest BCUT2D eigenvalue weighted by Crippen LogP contribution is 2.27. The smallest absolute Gasteiger partial charge is 0.258 e. The SMILES string of the molecule is Cc1ccc(OCC(=O)NC2CCC(NC(=O)COc3ccc(Cl)cc3Cl)CC2)c(Cl)c1. The molecular weight excluding hydrogens is 475 g/mol. The quantitative estimate of drug-likeness (QED) is 0.538. The van der Waals surface area contributed by atoms with Crippen LogP contribution in [0.2, 0.25) is 15.1 Å². The number of ether oxygens (including phenoxy) is 2. The standard InChI is InChI=1S/C23H25Cl3N2O4/c1-14-2-8-20(18(25)10-14)31-12-22(29)27-16-4-6-17(7-5-16)28-23(30)13-32-21-9-3-15(24)11-19(21)26/h2-3,8-11,16-17H,4-7,12-13H2,1H3,(H,27,29)(H,28,30). The summed E-state index contributed by atoms with van der Waals surface area (Å²) in [5.41, 5.74) is 1.02. The lowest BCUT2D eigenvalue weighted by atomic mass is 9.91. The molecule has 0 aromatic heterocycles. The number of hydrogen-bond acceptors (Lipinski definition) is 4. The molecule has 0 saturated heterocycles. The van der Waals surface area contributed by atoms with E-state index in [2.05, 4.69) is 10.6 Å². The van der Waals surface area contributed by atoms with Crippen LogP contribution in [0.5, 0.6) is 11.5 Å². The lowest BCUT2D eigenvalue weighted by Gasteiger charge is -2.29. The molecule has 2 amide bonds. The summed E-state index contributed by atoms with van der Waals surface area (Å²) in [5.74, 6) is 0.488. The topological polar surface area (TPSA) is 76.7 Å². The van der Waals surface area contributed by atoms with Crippen LogP contribution in [0.15, 0.2) is 36.4 Å². The van der Waals surface area contributed by atoms with Crippen molar-refractivity contribution < 1.29 is 19.1 Å². The Kier molecular flexibility index (Phi) is 8.91. The van der Waals surface area contributed by atoms with Crippen molar-refractivity contribution in [3.63, 3.8) is 0 Å². The summed E-state index contributed by atoms with van der Waals surface area (Å²) in [4.78, 5) is 24.4. The van der Waals surface area contributed by atoms with Gasteiger partial charge in [-0.1, -0.05) is 40.9 Å². The summed E-state index contributed by atoms with van der Waals surface area (Å²) in [6, 6.07) is 10.4. The molecule has 1 aliphatic carbocycles. The van der Waals surface area contributed by atoms with E-state index in [9.17, 15) is 9.59 Å². The number of hydrogen-bond donors (Lipinski definition) is 2. The van der Waals surface area contributed by atoms with Crippen LogP contribution in [-0.2, 0) is 9.59 Å². The molecule has 0 heterocycles. The van der Waals surface area contributed by atoms with E-state index in [1.165, 1.54) is 0 Å². The maximum atomic E-state index is 12.2. The first kappa shape index (κ1) is 24.5. The van der Waals surface area contributed by atoms with Crippen molar-refractivity contribution in [3.8, 4) is 11.5 Å². The van der Waals surface area contributed by atoms with Gasteiger partial charge in [0.25, 0.3) is 11.8 Å². The van der Waals surface area contributed by atoms with Crippen LogP contribution in [0.1, 0.15) is 31.2 Å². The Bertz CT molecular complexity index is 885. The Morgan fingerprint density at radius 3 is 1.75 bits per heavy atom. The monoisotopic (exact) mass is 498 g/mol. The fourth-order valence-corrected chi connectivity index (χ4v) is 4.28. The van der Waals surface area contributed by atoms with E-state index in [0.717, 1.165) is 31.2 Å². The van der Waals surface area contributed by atoms with Gasteiger partial charge in [-0.3, -0.25) is 9.59 Å². The largest absolute Gasteiger partial charge is 0.482 e. The van der Waals surface area contributed by atoms with E-state index in [-0.39, 0.29) is 37.1 Å². The zero-order valence-electron chi connectivity index (χ0n) is 17.6. The minimum absolute atomic E-state index is 0.0440. The van der Waals surface area contributed by atoms with Crippen LogP contribution in [0.4, 0.5) is 0 Å². The third kappa shape index (κ3) is 7.47. The Labute approximate surface area is 202 Å². The van der Waals surface area contributed by atoms with Gasteiger partial charge in [-0.2, -0.15) is 0 Å². The number of rotatable bonds is 8. The number of carbonyl (C=O) groups excluding carboxylic acids is 2. The molecule has 0 aliphatic heterocycles. The van der Waals surface area contributed by atoms with Crippen LogP contribution in [0, 0.1) is 6.92 Å². The molecule has 1 aliphatic rings. The zero-order valence-corrected chi connectivity index (χ0v) is 19.9. The first-order chi connectivity index (χ1) is 15.3. The average molecular weight is 500 g/mol. The second-order valence-corrected chi connectivity index (χ2v) is 9.02. The second kappa shape index (κ2) is 11.6. The van der Waals surface area contributed by atoms with Crippen LogP contribution in [-0.4, -0.2) is 37.1 Å². The summed E-state index contributed by atoms with van der Waals surface area (Å²) in [5, 5.41) is 7.29. The molecule has 6 nitrogen and oxygen atoms in total. The number of aryl methyl sites for hydroxylation is 1. The Balaban J connectivity index is 1.34. The fourth-order valence-electron chi connectivity index (χ4n) is 3.52. The van der Waals surface area contributed by atoms with E-state index >= 15 is 0 Å². The third-order valence-electron chi connectivity index (χ3n) is 5.16. The summed E-state index contributed by atoms with van der Waals surface area (Å²) in [6.07, 6.45) is 3.07. The second-order valence-electron chi connectivity index (χ2n) is 7.77. The number of nitrogens with one attached hydrogen (secondary N) is 2. The van der Waals surface area contributed by atoms with Gasteiger partial charge in [-0.05, 0) is 68.5 Å². The van der Waals surface area contributed by atoms with E-state index in [1.807, 2.05) is 13.0 Å². The summed E-state index contributed by atoms with van der Waals surface area (Å²) in [6.45, 7) is 1.71. The molecule has 1 saturated carbocycles. The van der Waals surface area contributed by atoms with Crippen molar-refractivity contribution in [2.45, 2.75) is 44.7 Å². The first-order valence-corrected chi connectivity index (χ1v) is 11.5. The highest BCUT2D eigenvalue weighted by molar-refractivity contribution is 6.35. The van der Waals surface area contributed by atoms with Gasteiger partial charge in [0.1, 0.15) is 11.5 Å². The minimum atomic E-state index is -0.216. The van der Waals surface area contributed by atoms with E-state index < -0.39 is 0 Å². The Hall–Kier alpha value is -2.15. The maximum Gasteiger partial charge on any atom is 0.258 e. The summed E-state index contributed by atoms with van der Waals surface area (Å²) >= 11 is 18.0. The van der Waals surface area contributed by atoms with Crippen LogP contribution >= 0.6 is 34.8 Å². The van der Waals surface area contributed by atoms with Crippen molar-refractivity contribution >= 4 is 46.6 Å². The number of benzene rings is 2. The molecule has 2 aromatic rings. The van der Waals surface area contributed by atoms with Gasteiger partial charge in [0.05, 0.1) is 10.0 Å². The highest BCUT2D eigenvalue weighted by atomic mass is 35.5. The van der Waals surface area contributed by atoms with Gasteiger partial charge in [-0.15, -0.1) is 0 Å². The van der Waals surface area contributed by atoms with Crippen molar-refractivity contribution in [3.05, 3.63) is 57.0 Å². The number of carbonyl (C=O) groups is 2. The maximum absolute atomic E-state index is 12.2. The molecule has 9 heteroatoms. The molecule has 32 heavy (non-hydrogen) atoms. The van der Waals surface area contributed by atoms with Gasteiger partial charge in [0.15, 0.2) is 13.2 Å². The predicted octanol–water partition coefficient (Wildman–Crippen LogP) is 4.96. The molecule has 0 unspecified atom stereocenters. The molecule has 2 N–H and O–H groups in total. The van der Waals surface area contributed by atoms with E-state index in [0.29, 0.717) is 26.6 Å². The Morgan fingerprint density at radius 2 is 1.28 bits per heavy atom. The summed E-state index contributed by atoms with van der Waals surface area (Å²) < 4.78 is 11.0. The van der Waals surface area contributed by atoms with Gasteiger partial charge < -0.3 is 20.1 Å². The normalized spacial score (nSPS) is 18.0. The van der Waals surface area contributed by atoms with Gasteiger partial charge >= 0.3 is 0 Å². The first-order valence-electron chi connectivity index (χ1n) is 10.4. The molecule has 3 rings (SSSR count). The van der Waals surface area contributed by atoms with Gasteiger partial charge in [-0.25, -0.2) is 0 Å². The molecule has 0 radical (unpaired) electrons. The molecule has 172 valence electrons. The molecule has 0 spiro atoms. The van der Waals surface area contributed by atoms with Gasteiger partial charge in [0, 0.05) is 17.1 Å². The van der Waals surface area contributed by atoms with Crippen LogP contribution in [0.3, 0.4) is 0 Å². The van der Waals surface area contributed by atoms with Crippen molar-refractivity contribution in [1.82, 2.24) is 10.6 Å². The Morgan fingerprint density at radius 1 is 0.812 bits per heavy atom. The van der Waals surface area contributed by atoms with E-state index in [4.69, 9.17) is 44.3 Å². The third-order valence-corrected chi connectivity index (χ3v) is 5.98. The number of halogens is 3. The molecule has 1 fully saturated rings. The van der Waals surface area contributed by atoms with E-state index in [1.54, 1.807) is 30.3 Å². The van der Waals surface area contributed by atoms with Gasteiger partial charge in [0.2, 0.25) is 0 Å². The molecule has 0 bridgehead atoms. The van der Waals surface area contributed by atoms with Crippen LogP contribution < -0.4 is 20.1 Å². The highest BCUT2D eigenvalue weighted by Gasteiger charge is 2.24. The fraction of sp³-hybridized carbons (Fsp3) is 0.391. The lowest BCUT2D eigenvalue weighted by molar-refractivity contribution is -0.125. The zero-order chi connectivity index (χ0) is 23.1. The van der Waals surface area contributed by atoms with Crippen molar-refractivity contribution in [1.29, 1.82) is 0 Å². The number of amides is 2. The average Bonchev–Trinajstić information content (AvgIpc) is 2.74. The molecule has 0 atom stereocenters. The minimum Gasteiger partial charge on any atom is -0.482 e. The molecule has 2 aromatic carbocycles. The van der Waals surface area contributed by atoms with Crippen molar-refractivity contribution in [2.75, 3.05) is 13.2 Å². The summed E-state index contributed by atoms with van der Waals surface area (Å²) in [7, 11) is 0. The predicted molar refractivity (Wildman–Crippen MR) is 126 cm³/mol. The van der Waals surface area contributed by atoms with Crippen LogP contribution in [0.25, 0.3) is 0 Å².